The summed E-state index contributed by atoms with van der Waals surface area (Å²) in [5, 5.41) is 3.82. The summed E-state index contributed by atoms with van der Waals surface area (Å²) in [4.78, 5) is 14.2. The number of aryl methyl sites for hydroxylation is 1. The summed E-state index contributed by atoms with van der Waals surface area (Å²) < 4.78 is 5.34. The average Bonchev–Trinajstić information content (AvgIpc) is 2.86. The molecule has 0 radical (unpaired) electrons. The van der Waals surface area contributed by atoms with Crippen molar-refractivity contribution < 1.29 is 9.53 Å². The van der Waals surface area contributed by atoms with E-state index in [1.54, 1.807) is 11.3 Å². The fourth-order valence-corrected chi connectivity index (χ4v) is 4.40. The predicted octanol–water partition coefficient (Wildman–Crippen LogP) is 3.07. The minimum Gasteiger partial charge on any atom is -0.381 e. The monoisotopic (exact) mass is 363 g/mol. The molecule has 0 atom stereocenters. The van der Waals surface area contributed by atoms with Gasteiger partial charge in [-0.1, -0.05) is 15.9 Å². The lowest BCUT2D eigenvalue weighted by Gasteiger charge is -2.08. The van der Waals surface area contributed by atoms with E-state index in [1.807, 2.05) is 11.8 Å². The topological polar surface area (TPSA) is 38.3 Å². The highest BCUT2D eigenvalue weighted by atomic mass is 79.9. The standard InChI is InChI=1S/C13H18BrNO2S2/c14-3-6-17-5-1-4-15-13(16)12-8-10-9-18-7-2-11(10)19-12/h8H,1-7,9H2,(H,15,16). The lowest BCUT2D eigenvalue weighted by Crippen LogP contribution is -2.24. The number of rotatable bonds is 7. The second kappa shape index (κ2) is 8.29. The quantitative estimate of drug-likeness (QED) is 0.597. The van der Waals surface area contributed by atoms with E-state index >= 15 is 0 Å². The number of fused-ring (bicyclic) bond motifs is 1. The van der Waals surface area contributed by atoms with Crippen LogP contribution >= 0.6 is 39.0 Å². The molecule has 2 rings (SSSR count). The molecule has 1 amide bonds. The molecule has 1 N–H and O–H groups in total. The van der Waals surface area contributed by atoms with Gasteiger partial charge in [0.2, 0.25) is 0 Å². The molecule has 106 valence electrons. The summed E-state index contributed by atoms with van der Waals surface area (Å²) in [5.74, 6) is 2.30. The van der Waals surface area contributed by atoms with E-state index in [9.17, 15) is 4.79 Å². The van der Waals surface area contributed by atoms with Gasteiger partial charge in [0, 0.05) is 29.1 Å². The molecular formula is C13H18BrNO2S2. The highest BCUT2D eigenvalue weighted by Gasteiger charge is 2.16. The third-order valence-electron chi connectivity index (χ3n) is 2.82. The summed E-state index contributed by atoms with van der Waals surface area (Å²) in [6.45, 7) is 2.10. The summed E-state index contributed by atoms with van der Waals surface area (Å²) in [6, 6.07) is 2.06. The summed E-state index contributed by atoms with van der Waals surface area (Å²) in [5.41, 5.74) is 1.35. The molecule has 6 heteroatoms. The number of carbonyl (C=O) groups is 1. The number of thiophene rings is 1. The number of hydrogen-bond donors (Lipinski definition) is 1. The smallest absolute Gasteiger partial charge is 0.261 e. The zero-order chi connectivity index (χ0) is 13.5. The first-order valence-electron chi connectivity index (χ1n) is 6.42. The Bertz CT molecular complexity index is 399. The van der Waals surface area contributed by atoms with E-state index in [-0.39, 0.29) is 5.91 Å². The third-order valence-corrected chi connectivity index (χ3v) is 5.39. The van der Waals surface area contributed by atoms with Crippen LogP contribution < -0.4 is 5.32 Å². The van der Waals surface area contributed by atoms with E-state index in [1.165, 1.54) is 16.2 Å². The molecule has 0 unspecified atom stereocenters. The highest BCUT2D eigenvalue weighted by molar-refractivity contribution is 9.09. The van der Waals surface area contributed by atoms with Gasteiger partial charge in [0.25, 0.3) is 5.91 Å². The van der Waals surface area contributed by atoms with Gasteiger partial charge in [0.15, 0.2) is 0 Å². The van der Waals surface area contributed by atoms with Gasteiger partial charge in [0.1, 0.15) is 0 Å². The fourth-order valence-electron chi connectivity index (χ4n) is 1.88. The number of ether oxygens (including phenoxy) is 1. The molecule has 0 aromatic carbocycles. The molecule has 3 nitrogen and oxygen atoms in total. The maximum atomic E-state index is 12.0. The van der Waals surface area contributed by atoms with Gasteiger partial charge in [-0.25, -0.2) is 0 Å². The summed E-state index contributed by atoms with van der Waals surface area (Å²) in [6.07, 6.45) is 1.97. The van der Waals surface area contributed by atoms with E-state index in [0.29, 0.717) is 13.2 Å². The van der Waals surface area contributed by atoms with E-state index in [4.69, 9.17) is 4.74 Å². The van der Waals surface area contributed by atoms with Crippen LogP contribution in [0, 0.1) is 0 Å². The zero-order valence-electron chi connectivity index (χ0n) is 10.7. The molecule has 0 bridgehead atoms. The van der Waals surface area contributed by atoms with Crippen molar-refractivity contribution in [2.45, 2.75) is 18.6 Å². The molecule has 0 saturated carbocycles. The number of halogens is 1. The van der Waals surface area contributed by atoms with Crippen molar-refractivity contribution in [3.05, 3.63) is 21.4 Å². The van der Waals surface area contributed by atoms with Crippen molar-refractivity contribution in [3.8, 4) is 0 Å². The normalized spacial score (nSPS) is 14.2. The Kier molecular flexibility index (Phi) is 6.70. The van der Waals surface area contributed by atoms with Crippen LogP contribution in [-0.2, 0) is 16.9 Å². The number of hydrogen-bond acceptors (Lipinski definition) is 4. The Morgan fingerprint density at radius 3 is 3.16 bits per heavy atom. The van der Waals surface area contributed by atoms with Crippen LogP contribution in [-0.4, -0.2) is 36.7 Å². The van der Waals surface area contributed by atoms with Gasteiger partial charge < -0.3 is 10.1 Å². The van der Waals surface area contributed by atoms with Gasteiger partial charge >= 0.3 is 0 Å². The molecule has 1 aromatic rings. The van der Waals surface area contributed by atoms with Crippen LogP contribution in [0.5, 0.6) is 0 Å². The van der Waals surface area contributed by atoms with Crippen LogP contribution in [0.2, 0.25) is 0 Å². The van der Waals surface area contributed by atoms with Gasteiger partial charge in [-0.3, -0.25) is 4.79 Å². The van der Waals surface area contributed by atoms with Crippen LogP contribution in [0.3, 0.4) is 0 Å². The average molecular weight is 364 g/mol. The van der Waals surface area contributed by atoms with Crippen LogP contribution in [0.4, 0.5) is 0 Å². The molecule has 0 spiro atoms. The molecule has 1 aliphatic rings. The summed E-state index contributed by atoms with van der Waals surface area (Å²) >= 11 is 6.90. The first-order valence-corrected chi connectivity index (χ1v) is 9.52. The van der Waals surface area contributed by atoms with E-state index in [0.717, 1.165) is 35.4 Å². The Morgan fingerprint density at radius 1 is 1.47 bits per heavy atom. The zero-order valence-corrected chi connectivity index (χ0v) is 14.0. The molecule has 19 heavy (non-hydrogen) atoms. The maximum Gasteiger partial charge on any atom is 0.261 e. The molecule has 2 heterocycles. The number of thioether (sulfide) groups is 1. The fraction of sp³-hybridized carbons (Fsp3) is 0.615. The minimum absolute atomic E-state index is 0.0601. The molecule has 0 saturated heterocycles. The summed E-state index contributed by atoms with van der Waals surface area (Å²) in [7, 11) is 0. The van der Waals surface area contributed by atoms with Gasteiger partial charge in [-0.15, -0.1) is 11.3 Å². The predicted molar refractivity (Wildman–Crippen MR) is 85.7 cm³/mol. The Balaban J connectivity index is 1.72. The first kappa shape index (κ1) is 15.4. The molecule has 0 fully saturated rings. The number of amides is 1. The van der Waals surface area contributed by atoms with Gasteiger partial charge in [-0.2, -0.15) is 11.8 Å². The molecule has 1 aliphatic heterocycles. The lowest BCUT2D eigenvalue weighted by atomic mass is 10.2. The lowest BCUT2D eigenvalue weighted by molar-refractivity contribution is 0.0948. The van der Waals surface area contributed by atoms with Crippen LogP contribution in [0.25, 0.3) is 0 Å². The maximum absolute atomic E-state index is 12.0. The number of alkyl halides is 1. The molecule has 0 aliphatic carbocycles. The van der Waals surface area contributed by atoms with Crippen molar-refractivity contribution in [3.63, 3.8) is 0 Å². The second-order valence-electron chi connectivity index (χ2n) is 4.27. The van der Waals surface area contributed by atoms with E-state index in [2.05, 4.69) is 27.3 Å². The van der Waals surface area contributed by atoms with Crippen molar-refractivity contribution in [2.24, 2.45) is 0 Å². The Morgan fingerprint density at radius 2 is 2.37 bits per heavy atom. The van der Waals surface area contributed by atoms with Crippen molar-refractivity contribution in [1.82, 2.24) is 5.32 Å². The molecule has 1 aromatic heterocycles. The third kappa shape index (κ3) is 4.77. The largest absolute Gasteiger partial charge is 0.381 e. The van der Waals surface area contributed by atoms with Gasteiger partial charge in [-0.05, 0) is 30.2 Å². The van der Waals surface area contributed by atoms with E-state index < -0.39 is 0 Å². The first-order chi connectivity index (χ1) is 9.31. The highest BCUT2D eigenvalue weighted by Crippen LogP contribution is 2.31. The van der Waals surface area contributed by atoms with Gasteiger partial charge in [0.05, 0.1) is 11.5 Å². The van der Waals surface area contributed by atoms with Crippen LogP contribution in [0.15, 0.2) is 6.07 Å². The molecular weight excluding hydrogens is 346 g/mol. The Labute approximate surface area is 130 Å². The SMILES string of the molecule is O=C(NCCCOCCBr)c1cc2c(s1)CCSC2. The van der Waals surface area contributed by atoms with Crippen LogP contribution in [0.1, 0.15) is 26.5 Å². The number of nitrogens with one attached hydrogen (secondary N) is 1. The Hall–Kier alpha value is -0.0400. The van der Waals surface area contributed by atoms with Crippen molar-refractivity contribution in [2.75, 3.05) is 30.8 Å². The minimum atomic E-state index is 0.0601. The number of carbonyl (C=O) groups excluding carboxylic acids is 1. The second-order valence-corrected chi connectivity index (χ2v) is 7.31. The van der Waals surface area contributed by atoms with Crippen molar-refractivity contribution >= 4 is 44.9 Å². The van der Waals surface area contributed by atoms with Crippen molar-refractivity contribution in [1.29, 1.82) is 0 Å².